The SMILES string of the molecule is [C-]#[N+]/C(C#N)=C1/C(=C/C)C(=O)c2ccccc21. The lowest BCUT2D eigenvalue weighted by Gasteiger charge is -2.00. The molecular formula is C14H8N2O. The molecule has 17 heavy (non-hydrogen) atoms. The van der Waals surface area contributed by atoms with Crippen molar-refractivity contribution in [1.82, 2.24) is 0 Å². The monoisotopic (exact) mass is 220 g/mol. The summed E-state index contributed by atoms with van der Waals surface area (Å²) in [5.41, 5.74) is 2.12. The lowest BCUT2D eigenvalue weighted by Crippen LogP contribution is -1.94. The van der Waals surface area contributed by atoms with Crippen LogP contribution in [0.25, 0.3) is 10.4 Å². The highest BCUT2D eigenvalue weighted by Crippen LogP contribution is 2.38. The minimum absolute atomic E-state index is 0.0311. The van der Waals surface area contributed by atoms with E-state index in [1.807, 2.05) is 6.07 Å². The second-order valence-corrected chi connectivity index (χ2v) is 3.52. The summed E-state index contributed by atoms with van der Waals surface area (Å²) in [5.74, 6) is -0.116. The van der Waals surface area contributed by atoms with Gasteiger partial charge in [0, 0.05) is 16.7 Å². The fraction of sp³-hybridized carbons (Fsp3) is 0.0714. The summed E-state index contributed by atoms with van der Waals surface area (Å²) < 4.78 is 0. The predicted molar refractivity (Wildman–Crippen MR) is 63.7 cm³/mol. The second kappa shape index (κ2) is 4.08. The van der Waals surface area contributed by atoms with Gasteiger partial charge in [-0.15, -0.1) is 0 Å². The zero-order valence-corrected chi connectivity index (χ0v) is 9.19. The van der Waals surface area contributed by atoms with Crippen LogP contribution in [0.3, 0.4) is 0 Å². The molecule has 0 saturated heterocycles. The van der Waals surface area contributed by atoms with Gasteiger partial charge >= 0.3 is 0 Å². The molecule has 0 spiro atoms. The van der Waals surface area contributed by atoms with E-state index in [-0.39, 0.29) is 11.5 Å². The summed E-state index contributed by atoms with van der Waals surface area (Å²) in [7, 11) is 0. The maximum atomic E-state index is 12.1. The van der Waals surface area contributed by atoms with Gasteiger partial charge in [-0.05, 0) is 12.5 Å². The molecule has 0 saturated carbocycles. The van der Waals surface area contributed by atoms with Crippen LogP contribution in [-0.4, -0.2) is 5.78 Å². The van der Waals surface area contributed by atoms with Gasteiger partial charge in [-0.25, -0.2) is 10.1 Å². The van der Waals surface area contributed by atoms with Crippen molar-refractivity contribution >= 4 is 11.4 Å². The molecule has 0 aromatic heterocycles. The molecule has 1 aliphatic carbocycles. The van der Waals surface area contributed by atoms with Gasteiger partial charge in [-0.3, -0.25) is 4.79 Å². The van der Waals surface area contributed by atoms with Gasteiger partial charge in [0.2, 0.25) is 0 Å². The molecule has 0 amide bonds. The Kier molecular flexibility index (Phi) is 2.60. The first-order valence-electron chi connectivity index (χ1n) is 5.07. The Bertz CT molecular complexity index is 636. The highest BCUT2D eigenvalue weighted by Gasteiger charge is 2.30. The molecule has 0 unspecified atom stereocenters. The lowest BCUT2D eigenvalue weighted by atomic mass is 10.0. The van der Waals surface area contributed by atoms with E-state index in [4.69, 9.17) is 11.8 Å². The summed E-state index contributed by atoms with van der Waals surface area (Å²) in [5, 5.41) is 8.95. The van der Waals surface area contributed by atoms with Crippen LogP contribution in [0.2, 0.25) is 0 Å². The first kappa shape index (κ1) is 10.9. The van der Waals surface area contributed by atoms with Crippen LogP contribution in [0, 0.1) is 17.9 Å². The molecule has 0 aliphatic heterocycles. The summed E-state index contributed by atoms with van der Waals surface area (Å²) in [6.07, 6.45) is 1.65. The average Bonchev–Trinajstić information content (AvgIpc) is 2.65. The van der Waals surface area contributed by atoms with Gasteiger partial charge in [0.15, 0.2) is 5.78 Å². The molecule has 2 rings (SSSR count). The first-order chi connectivity index (χ1) is 8.24. The minimum atomic E-state index is -0.116. The van der Waals surface area contributed by atoms with Crippen molar-refractivity contribution < 1.29 is 4.79 Å². The van der Waals surface area contributed by atoms with E-state index < -0.39 is 0 Å². The number of hydrogen-bond acceptors (Lipinski definition) is 2. The largest absolute Gasteiger partial charge is 0.289 e. The number of benzene rings is 1. The van der Waals surface area contributed by atoms with E-state index in [0.717, 1.165) is 0 Å². The van der Waals surface area contributed by atoms with Crippen LogP contribution in [-0.2, 0) is 0 Å². The predicted octanol–water partition coefficient (Wildman–Crippen LogP) is 2.98. The van der Waals surface area contributed by atoms with Gasteiger partial charge in [0.05, 0.1) is 12.6 Å². The van der Waals surface area contributed by atoms with Crippen LogP contribution < -0.4 is 0 Å². The molecule has 0 radical (unpaired) electrons. The van der Waals surface area contributed by atoms with E-state index in [9.17, 15) is 4.79 Å². The number of hydrogen-bond donors (Lipinski definition) is 0. The fourth-order valence-corrected chi connectivity index (χ4v) is 1.97. The number of nitrogens with zero attached hydrogens (tertiary/aromatic N) is 2. The Morgan fingerprint density at radius 2 is 2.06 bits per heavy atom. The van der Waals surface area contributed by atoms with Crippen LogP contribution in [0.1, 0.15) is 22.8 Å². The topological polar surface area (TPSA) is 45.2 Å². The van der Waals surface area contributed by atoms with E-state index in [2.05, 4.69) is 4.85 Å². The fourth-order valence-electron chi connectivity index (χ4n) is 1.97. The van der Waals surface area contributed by atoms with Gasteiger partial charge < -0.3 is 0 Å². The molecule has 3 nitrogen and oxygen atoms in total. The van der Waals surface area contributed by atoms with E-state index in [0.29, 0.717) is 22.3 Å². The highest BCUT2D eigenvalue weighted by molar-refractivity contribution is 6.27. The summed E-state index contributed by atoms with van der Waals surface area (Å²) in [4.78, 5) is 15.3. The number of carbonyl (C=O) groups is 1. The molecule has 0 fully saturated rings. The van der Waals surface area contributed by atoms with Crippen molar-refractivity contribution in [1.29, 1.82) is 5.26 Å². The van der Waals surface area contributed by atoms with Gasteiger partial charge in [-0.2, -0.15) is 0 Å². The number of fused-ring (bicyclic) bond motifs is 1. The Labute approximate surface area is 99.1 Å². The molecule has 1 aromatic carbocycles. The third-order valence-electron chi connectivity index (χ3n) is 2.70. The van der Waals surface area contributed by atoms with Crippen molar-refractivity contribution in [3.8, 4) is 6.07 Å². The van der Waals surface area contributed by atoms with Crippen molar-refractivity contribution in [2.45, 2.75) is 6.92 Å². The van der Waals surface area contributed by atoms with Gasteiger partial charge in [0.1, 0.15) is 0 Å². The Hall–Kier alpha value is -2.65. The van der Waals surface area contributed by atoms with Crippen molar-refractivity contribution in [2.24, 2.45) is 0 Å². The van der Waals surface area contributed by atoms with Crippen molar-refractivity contribution in [3.05, 3.63) is 64.2 Å². The molecule has 0 heterocycles. The van der Waals surface area contributed by atoms with Crippen LogP contribution >= 0.6 is 0 Å². The number of Topliss-reactive ketones (excluding diaryl/α,β-unsaturated/α-hetero) is 1. The number of ketones is 1. The smallest absolute Gasteiger partial charge is 0.270 e. The summed E-state index contributed by atoms with van der Waals surface area (Å²) in [6, 6.07) is 8.90. The Morgan fingerprint density at radius 3 is 2.59 bits per heavy atom. The number of nitriles is 1. The zero-order valence-electron chi connectivity index (χ0n) is 9.19. The van der Waals surface area contributed by atoms with Crippen LogP contribution in [0.4, 0.5) is 0 Å². The van der Waals surface area contributed by atoms with E-state index in [1.165, 1.54) is 0 Å². The normalized spacial score (nSPS) is 18.5. The molecule has 80 valence electrons. The maximum absolute atomic E-state index is 12.1. The minimum Gasteiger partial charge on any atom is -0.289 e. The number of allylic oxidation sites excluding steroid dienone is 4. The molecule has 3 heteroatoms. The summed E-state index contributed by atoms with van der Waals surface area (Å²) >= 11 is 0. The molecular weight excluding hydrogens is 212 g/mol. The average molecular weight is 220 g/mol. The quantitative estimate of drug-likeness (QED) is 0.383. The zero-order chi connectivity index (χ0) is 12.4. The Balaban J connectivity index is 2.87. The van der Waals surface area contributed by atoms with Crippen molar-refractivity contribution in [2.75, 3.05) is 0 Å². The summed E-state index contributed by atoms with van der Waals surface area (Å²) in [6.45, 7) is 8.74. The van der Waals surface area contributed by atoms with Gasteiger partial charge in [-0.1, -0.05) is 30.3 Å². The molecule has 1 aromatic rings. The third kappa shape index (κ3) is 1.46. The number of carbonyl (C=O) groups excluding carboxylic acids is 1. The molecule has 0 N–H and O–H groups in total. The molecule has 0 atom stereocenters. The van der Waals surface area contributed by atoms with Crippen molar-refractivity contribution in [3.63, 3.8) is 0 Å². The third-order valence-corrected chi connectivity index (χ3v) is 2.70. The van der Waals surface area contributed by atoms with Crippen LogP contribution in [0.5, 0.6) is 0 Å². The van der Waals surface area contributed by atoms with E-state index >= 15 is 0 Å². The lowest BCUT2D eigenvalue weighted by molar-refractivity contribution is 0.104. The second-order valence-electron chi connectivity index (χ2n) is 3.52. The standard InChI is InChI=1S/C14H8N2O/c1-3-9-13(12(8-15)16-2)10-6-4-5-7-11(10)14(9)17/h3-7H,1H3/b9-3-,13-12-. The highest BCUT2D eigenvalue weighted by atomic mass is 16.1. The molecule has 0 bridgehead atoms. The van der Waals surface area contributed by atoms with Crippen LogP contribution in [0.15, 0.2) is 41.6 Å². The first-order valence-corrected chi connectivity index (χ1v) is 5.07. The maximum Gasteiger partial charge on any atom is 0.270 e. The molecule has 1 aliphatic rings. The number of rotatable bonds is 0. The Morgan fingerprint density at radius 1 is 1.41 bits per heavy atom. The van der Waals surface area contributed by atoms with Gasteiger partial charge in [0.25, 0.3) is 5.70 Å². The van der Waals surface area contributed by atoms with E-state index in [1.54, 1.807) is 37.3 Å².